The van der Waals surface area contributed by atoms with Crippen molar-refractivity contribution in [1.29, 1.82) is 0 Å². The number of nitrogens with one attached hydrogen (secondary N) is 1. The van der Waals surface area contributed by atoms with E-state index in [0.29, 0.717) is 6.04 Å². The average Bonchev–Trinajstić information content (AvgIpc) is 2.59. The smallest absolute Gasteiger partial charge is 0.119 e. The Balaban J connectivity index is 1.77. The van der Waals surface area contributed by atoms with Gasteiger partial charge in [0, 0.05) is 41.7 Å². The number of piperazine rings is 1. The highest BCUT2D eigenvalue weighted by Gasteiger charge is 2.24. The minimum atomic E-state index is 0.192. The van der Waals surface area contributed by atoms with Gasteiger partial charge in [0.1, 0.15) is 5.75 Å². The third-order valence-electron chi connectivity index (χ3n) is 4.37. The monoisotopic (exact) mass is 422 g/mol. The summed E-state index contributed by atoms with van der Waals surface area (Å²) in [5.74, 6) is 0.920. The van der Waals surface area contributed by atoms with Gasteiger partial charge in [0.25, 0.3) is 0 Å². The van der Waals surface area contributed by atoms with Gasteiger partial charge in [-0.25, -0.2) is 0 Å². The second kappa shape index (κ2) is 8.54. The molecule has 0 bridgehead atoms. The van der Waals surface area contributed by atoms with Gasteiger partial charge in [0.15, 0.2) is 0 Å². The molecule has 0 saturated carbocycles. The van der Waals surface area contributed by atoms with Crippen molar-refractivity contribution in [1.82, 2.24) is 10.2 Å². The van der Waals surface area contributed by atoms with E-state index in [-0.39, 0.29) is 6.10 Å². The largest absolute Gasteiger partial charge is 0.491 e. The van der Waals surface area contributed by atoms with Gasteiger partial charge in [-0.1, -0.05) is 39.7 Å². The maximum atomic E-state index is 6.40. The number of hydrogen-bond donors (Lipinski definition) is 1. The van der Waals surface area contributed by atoms with Crippen LogP contribution in [-0.4, -0.2) is 30.6 Å². The molecule has 0 aliphatic carbocycles. The Bertz CT molecular complexity index is 705. The van der Waals surface area contributed by atoms with Gasteiger partial charge >= 0.3 is 0 Å². The van der Waals surface area contributed by atoms with Gasteiger partial charge in [-0.2, -0.15) is 0 Å². The number of rotatable bonds is 5. The molecule has 5 heteroatoms. The Hall–Kier alpha value is -1.07. The van der Waals surface area contributed by atoms with Crippen molar-refractivity contribution in [3.63, 3.8) is 0 Å². The average molecular weight is 424 g/mol. The third-order valence-corrected chi connectivity index (χ3v) is 5.23. The summed E-state index contributed by atoms with van der Waals surface area (Å²) in [4.78, 5) is 2.49. The highest BCUT2D eigenvalue weighted by Crippen LogP contribution is 2.29. The number of ether oxygens (including phenoxy) is 1. The lowest BCUT2D eigenvalue weighted by Crippen LogP contribution is -2.45. The topological polar surface area (TPSA) is 24.5 Å². The highest BCUT2D eigenvalue weighted by molar-refractivity contribution is 9.10. The SMILES string of the molecule is CC(C)Oc1ccc(C2CNCCN2Cc2cc(Br)ccc2Cl)cc1. The van der Waals surface area contributed by atoms with Crippen LogP contribution in [0.2, 0.25) is 5.02 Å². The summed E-state index contributed by atoms with van der Waals surface area (Å²) in [6.45, 7) is 7.87. The minimum absolute atomic E-state index is 0.192. The van der Waals surface area contributed by atoms with Crippen LogP contribution >= 0.6 is 27.5 Å². The van der Waals surface area contributed by atoms with E-state index in [1.165, 1.54) is 5.56 Å². The van der Waals surface area contributed by atoms with Crippen molar-refractivity contribution in [3.05, 3.63) is 63.1 Å². The number of hydrogen-bond acceptors (Lipinski definition) is 3. The Morgan fingerprint density at radius 2 is 2.00 bits per heavy atom. The summed E-state index contributed by atoms with van der Waals surface area (Å²) in [6.07, 6.45) is 0.192. The lowest BCUT2D eigenvalue weighted by molar-refractivity contribution is 0.153. The maximum absolute atomic E-state index is 6.40. The van der Waals surface area contributed by atoms with Crippen LogP contribution in [0.4, 0.5) is 0 Å². The van der Waals surface area contributed by atoms with Gasteiger partial charge in [0.05, 0.1) is 6.10 Å². The van der Waals surface area contributed by atoms with Crippen LogP contribution in [0, 0.1) is 0 Å². The molecule has 1 aliphatic heterocycles. The van der Waals surface area contributed by atoms with Crippen molar-refractivity contribution < 1.29 is 4.74 Å². The second-order valence-electron chi connectivity index (χ2n) is 6.66. The first kappa shape index (κ1) is 18.7. The molecule has 3 rings (SSSR count). The normalized spacial score (nSPS) is 18.5. The molecule has 134 valence electrons. The van der Waals surface area contributed by atoms with Crippen molar-refractivity contribution in [2.45, 2.75) is 32.5 Å². The Morgan fingerprint density at radius 3 is 2.72 bits per heavy atom. The highest BCUT2D eigenvalue weighted by atomic mass is 79.9. The Labute approximate surface area is 163 Å². The van der Waals surface area contributed by atoms with E-state index in [0.717, 1.165) is 47.0 Å². The number of nitrogens with zero attached hydrogens (tertiary/aromatic N) is 1. The van der Waals surface area contributed by atoms with Crippen LogP contribution in [0.5, 0.6) is 5.75 Å². The summed E-state index contributed by atoms with van der Waals surface area (Å²) in [6, 6.07) is 14.8. The molecule has 1 unspecified atom stereocenters. The molecule has 0 radical (unpaired) electrons. The quantitative estimate of drug-likeness (QED) is 0.729. The predicted octanol–water partition coefficient (Wildman–Crippen LogP) is 5.04. The second-order valence-corrected chi connectivity index (χ2v) is 7.98. The van der Waals surface area contributed by atoms with Gasteiger partial charge in [-0.05, 0) is 55.3 Å². The zero-order valence-corrected chi connectivity index (χ0v) is 17.0. The standard InChI is InChI=1S/C20H24BrClN2O/c1-14(2)25-18-6-3-15(4-7-18)20-12-23-9-10-24(20)13-16-11-17(21)5-8-19(16)22/h3-8,11,14,20,23H,9-10,12-13H2,1-2H3. The van der Waals surface area contributed by atoms with Crippen LogP contribution in [0.1, 0.15) is 31.0 Å². The molecule has 1 atom stereocenters. The summed E-state index contributed by atoms with van der Waals surface area (Å²) < 4.78 is 6.82. The van der Waals surface area contributed by atoms with E-state index >= 15 is 0 Å². The van der Waals surface area contributed by atoms with Gasteiger partial charge < -0.3 is 10.1 Å². The summed E-state index contributed by atoms with van der Waals surface area (Å²) in [7, 11) is 0. The lowest BCUT2D eigenvalue weighted by atomic mass is 10.0. The fraction of sp³-hybridized carbons (Fsp3) is 0.400. The summed E-state index contributed by atoms with van der Waals surface area (Å²) in [5.41, 5.74) is 2.46. The van der Waals surface area contributed by atoms with E-state index in [9.17, 15) is 0 Å². The first-order valence-electron chi connectivity index (χ1n) is 8.68. The molecule has 1 N–H and O–H groups in total. The van der Waals surface area contributed by atoms with E-state index in [1.54, 1.807) is 0 Å². The van der Waals surface area contributed by atoms with Gasteiger partial charge in [-0.3, -0.25) is 4.90 Å². The van der Waals surface area contributed by atoms with Crippen LogP contribution in [0.25, 0.3) is 0 Å². The number of benzene rings is 2. The molecule has 0 spiro atoms. The zero-order valence-electron chi connectivity index (χ0n) is 14.6. The minimum Gasteiger partial charge on any atom is -0.491 e. The Kier molecular flexibility index (Phi) is 6.39. The molecule has 0 amide bonds. The van der Waals surface area contributed by atoms with Crippen LogP contribution < -0.4 is 10.1 Å². The molecular weight excluding hydrogens is 400 g/mol. The maximum Gasteiger partial charge on any atom is 0.119 e. The van der Waals surface area contributed by atoms with Crippen LogP contribution in [0.3, 0.4) is 0 Å². The molecule has 1 heterocycles. The van der Waals surface area contributed by atoms with Crippen molar-refractivity contribution in [2.24, 2.45) is 0 Å². The molecular formula is C20H24BrClN2O. The fourth-order valence-corrected chi connectivity index (χ4v) is 3.77. The molecule has 1 aliphatic rings. The predicted molar refractivity (Wildman–Crippen MR) is 107 cm³/mol. The molecule has 2 aromatic rings. The fourth-order valence-electron chi connectivity index (χ4n) is 3.19. The molecule has 1 fully saturated rings. The summed E-state index contributed by atoms with van der Waals surface area (Å²) in [5, 5.41) is 4.33. The zero-order chi connectivity index (χ0) is 17.8. The van der Waals surface area contributed by atoms with E-state index in [4.69, 9.17) is 16.3 Å². The van der Waals surface area contributed by atoms with E-state index in [2.05, 4.69) is 56.5 Å². The van der Waals surface area contributed by atoms with Crippen molar-refractivity contribution in [2.75, 3.05) is 19.6 Å². The molecule has 2 aromatic carbocycles. The Morgan fingerprint density at radius 1 is 1.24 bits per heavy atom. The molecule has 3 nitrogen and oxygen atoms in total. The van der Waals surface area contributed by atoms with Crippen molar-refractivity contribution in [3.8, 4) is 5.75 Å². The van der Waals surface area contributed by atoms with Crippen LogP contribution in [0.15, 0.2) is 46.9 Å². The number of halogens is 2. The van der Waals surface area contributed by atoms with Crippen LogP contribution in [-0.2, 0) is 6.54 Å². The molecule has 25 heavy (non-hydrogen) atoms. The molecule has 1 saturated heterocycles. The first-order chi connectivity index (χ1) is 12.0. The van der Waals surface area contributed by atoms with E-state index < -0.39 is 0 Å². The van der Waals surface area contributed by atoms with Gasteiger partial charge in [0.2, 0.25) is 0 Å². The third kappa shape index (κ3) is 4.98. The lowest BCUT2D eigenvalue weighted by Gasteiger charge is -2.36. The van der Waals surface area contributed by atoms with Crippen molar-refractivity contribution >= 4 is 27.5 Å². The van der Waals surface area contributed by atoms with Gasteiger partial charge in [-0.15, -0.1) is 0 Å². The van der Waals surface area contributed by atoms with E-state index in [1.807, 2.05) is 26.0 Å². The summed E-state index contributed by atoms with van der Waals surface area (Å²) >= 11 is 9.94. The first-order valence-corrected chi connectivity index (χ1v) is 9.85. The molecule has 0 aromatic heterocycles.